The Kier molecular flexibility index (Phi) is 12.5. The van der Waals surface area contributed by atoms with Crippen LogP contribution in [0.15, 0.2) is 12.7 Å². The molecule has 0 atom stereocenters. The fraction of sp³-hybridized carbons (Fsp3) is 0.750. The van der Waals surface area contributed by atoms with Crippen LogP contribution >= 0.6 is 0 Å². The van der Waals surface area contributed by atoms with E-state index in [1.807, 2.05) is 0 Å². The van der Waals surface area contributed by atoms with E-state index in [2.05, 4.69) is 31.2 Å². The van der Waals surface area contributed by atoms with Gasteiger partial charge in [0.1, 0.15) is 0 Å². The average molecular weight is 200 g/mol. The van der Waals surface area contributed by atoms with Crippen LogP contribution in [0.5, 0.6) is 0 Å². The molecule has 0 aliphatic carbocycles. The molecular weight excluding hydrogens is 183 g/mol. The fourth-order valence-corrected chi connectivity index (χ4v) is 0.947. The molecule has 0 aliphatic heterocycles. The summed E-state index contributed by atoms with van der Waals surface area (Å²) >= 11 is 2.23. The summed E-state index contributed by atoms with van der Waals surface area (Å²) in [6.07, 6.45) is 5.30. The quantitative estimate of drug-likeness (QED) is 0.319. The van der Waals surface area contributed by atoms with Gasteiger partial charge in [-0.15, -0.1) is 6.58 Å². The van der Waals surface area contributed by atoms with E-state index in [9.17, 15) is 8.42 Å². The Morgan fingerprint density at radius 3 is 2.08 bits per heavy atom. The first kappa shape index (κ1) is 15.7. The normalized spacial score (nSPS) is 10.2. The number of hydrogen-bond donors (Lipinski definition) is 1. The zero-order valence-electron chi connectivity index (χ0n) is 8.49. The van der Waals surface area contributed by atoms with E-state index >= 15 is 0 Å². The van der Waals surface area contributed by atoms with Crippen molar-refractivity contribution < 1.29 is 13.0 Å². The van der Waals surface area contributed by atoms with Crippen LogP contribution in [0.3, 0.4) is 0 Å². The van der Waals surface area contributed by atoms with Gasteiger partial charge < -0.3 is 0 Å². The summed E-state index contributed by atoms with van der Waals surface area (Å²) in [5, 5.41) is 1.36. The molecular formula is C8H17LiO3S. The molecule has 0 fully saturated rings. The van der Waals surface area contributed by atoms with Crippen molar-refractivity contribution >= 4 is 27.8 Å². The number of unbranched alkanes of at least 4 members (excludes halogenated alkanes) is 2. The Morgan fingerprint density at radius 2 is 2.00 bits per heavy atom. The summed E-state index contributed by atoms with van der Waals surface area (Å²) in [4.78, 5) is 0. The third-order valence-corrected chi connectivity index (χ3v) is 1.94. The minimum absolute atomic E-state index is 0.368. The summed E-state index contributed by atoms with van der Waals surface area (Å²) in [5.41, 5.74) is 0. The second-order valence-electron chi connectivity index (χ2n) is 2.74. The van der Waals surface area contributed by atoms with Gasteiger partial charge in [-0.3, -0.25) is 4.55 Å². The molecule has 0 bridgehead atoms. The first-order valence-electron chi connectivity index (χ1n) is 4.54. The monoisotopic (exact) mass is 200 g/mol. The average Bonchev–Trinajstić information content (AvgIpc) is 1.99. The molecule has 0 heterocycles. The van der Waals surface area contributed by atoms with Gasteiger partial charge in [0.25, 0.3) is 10.1 Å². The van der Waals surface area contributed by atoms with Gasteiger partial charge in [0.05, 0.1) is 5.75 Å². The Balaban J connectivity index is 0. The first-order valence-corrected chi connectivity index (χ1v) is 6.14. The zero-order valence-corrected chi connectivity index (χ0v) is 9.31. The summed E-state index contributed by atoms with van der Waals surface area (Å²) in [7, 11) is -3.79. The van der Waals surface area contributed by atoms with E-state index in [0.29, 0.717) is 0 Å². The van der Waals surface area contributed by atoms with E-state index < -0.39 is 10.1 Å². The molecule has 0 amide bonds. The Bertz CT molecular complexity index is 195. The SMILES string of the molecule is C=CCS(=O)(=O)O.[Li][CH2]CCCC. The van der Waals surface area contributed by atoms with E-state index in [4.69, 9.17) is 4.55 Å². The molecule has 1 N–H and O–H groups in total. The van der Waals surface area contributed by atoms with Crippen molar-refractivity contribution in [2.45, 2.75) is 31.3 Å². The Morgan fingerprint density at radius 1 is 1.46 bits per heavy atom. The van der Waals surface area contributed by atoms with Crippen molar-refractivity contribution in [1.29, 1.82) is 0 Å². The van der Waals surface area contributed by atoms with E-state index in [1.54, 1.807) is 0 Å². The molecule has 0 radical (unpaired) electrons. The van der Waals surface area contributed by atoms with E-state index in [1.165, 1.54) is 24.4 Å². The van der Waals surface area contributed by atoms with E-state index in [-0.39, 0.29) is 5.75 Å². The van der Waals surface area contributed by atoms with Crippen LogP contribution in [-0.4, -0.2) is 36.4 Å². The van der Waals surface area contributed by atoms with Crippen molar-refractivity contribution in [3.63, 3.8) is 0 Å². The molecule has 5 heteroatoms. The van der Waals surface area contributed by atoms with Crippen molar-refractivity contribution in [3.8, 4) is 0 Å². The van der Waals surface area contributed by atoms with Gasteiger partial charge in [-0.1, -0.05) is 6.08 Å². The Labute approximate surface area is 90.6 Å². The van der Waals surface area contributed by atoms with Gasteiger partial charge in [0, 0.05) is 0 Å². The maximum absolute atomic E-state index is 9.72. The molecule has 3 nitrogen and oxygen atoms in total. The van der Waals surface area contributed by atoms with Crippen LogP contribution in [0, 0.1) is 0 Å². The summed E-state index contributed by atoms with van der Waals surface area (Å²) in [6.45, 7) is 5.34. The second kappa shape index (κ2) is 10.3. The van der Waals surface area contributed by atoms with Gasteiger partial charge >= 0.3 is 49.0 Å². The number of rotatable bonds is 5. The molecule has 0 unspecified atom stereocenters. The van der Waals surface area contributed by atoms with Crippen LogP contribution in [-0.2, 0) is 10.1 Å². The third-order valence-electron chi connectivity index (χ3n) is 1.29. The van der Waals surface area contributed by atoms with Crippen molar-refractivity contribution in [2.75, 3.05) is 5.75 Å². The molecule has 0 aromatic carbocycles. The van der Waals surface area contributed by atoms with Crippen LogP contribution in [0.25, 0.3) is 0 Å². The molecule has 0 aromatic heterocycles. The van der Waals surface area contributed by atoms with Crippen LogP contribution in [0.4, 0.5) is 0 Å². The van der Waals surface area contributed by atoms with Crippen LogP contribution < -0.4 is 0 Å². The summed E-state index contributed by atoms with van der Waals surface area (Å²) in [6, 6.07) is 0. The molecule has 0 rings (SSSR count). The molecule has 0 aromatic rings. The second-order valence-corrected chi connectivity index (χ2v) is 4.24. The Hall–Kier alpha value is 0.247. The zero-order chi connectivity index (χ0) is 10.7. The third kappa shape index (κ3) is 24.5. The van der Waals surface area contributed by atoms with Gasteiger partial charge in [0.15, 0.2) is 0 Å². The molecule has 0 saturated heterocycles. The molecule has 74 valence electrons. The van der Waals surface area contributed by atoms with E-state index in [0.717, 1.165) is 6.08 Å². The topological polar surface area (TPSA) is 54.4 Å². The predicted octanol–water partition coefficient (Wildman–Crippen LogP) is 1.82. The van der Waals surface area contributed by atoms with Crippen molar-refractivity contribution in [2.24, 2.45) is 0 Å². The van der Waals surface area contributed by atoms with Gasteiger partial charge in [-0.25, -0.2) is 0 Å². The molecule has 0 aliphatic rings. The molecule has 0 saturated carbocycles. The maximum atomic E-state index is 9.72. The van der Waals surface area contributed by atoms with Crippen LogP contribution in [0.2, 0.25) is 5.09 Å². The summed E-state index contributed by atoms with van der Waals surface area (Å²) < 4.78 is 27.3. The summed E-state index contributed by atoms with van der Waals surface area (Å²) in [5.74, 6) is -0.368. The first-order chi connectivity index (χ1) is 5.97. The van der Waals surface area contributed by atoms with Crippen molar-refractivity contribution in [1.82, 2.24) is 0 Å². The molecule has 0 spiro atoms. The van der Waals surface area contributed by atoms with Gasteiger partial charge in [-0.2, -0.15) is 8.42 Å². The minimum atomic E-state index is -3.79. The standard InChI is InChI=1S/C5H11.C3H6O3S.Li/c1-3-5-4-2;1-2-3-7(4,5)6;/h1,3-5H2,2H3;2H,1,3H2,(H,4,5,6);. The molecule has 13 heavy (non-hydrogen) atoms. The van der Waals surface area contributed by atoms with Crippen LogP contribution in [0.1, 0.15) is 26.2 Å². The number of hydrogen-bond acceptors (Lipinski definition) is 2. The van der Waals surface area contributed by atoms with Gasteiger partial charge in [0.2, 0.25) is 0 Å². The van der Waals surface area contributed by atoms with Crippen molar-refractivity contribution in [3.05, 3.63) is 12.7 Å². The predicted molar refractivity (Wildman–Crippen MR) is 56.7 cm³/mol. The fourth-order valence-electron chi connectivity index (χ4n) is 0.649. The van der Waals surface area contributed by atoms with Gasteiger partial charge in [-0.05, 0) is 0 Å².